The molecule has 0 aliphatic rings. The van der Waals surface area contributed by atoms with Crippen LogP contribution in [0, 0.1) is 0 Å². The number of hydrogen-bond donors (Lipinski definition) is 12. The maximum absolute atomic E-state index is 12.5. The molecule has 2 aromatic heterocycles. The van der Waals surface area contributed by atoms with Crippen LogP contribution in [0.15, 0.2) is 46.2 Å². The quantitative estimate of drug-likeness (QED) is 0.0118. The Hall–Kier alpha value is -5.12. The first-order valence-corrected chi connectivity index (χ1v) is 22.4. The zero-order valence-electron chi connectivity index (χ0n) is 31.3. The second-order valence-corrected chi connectivity index (χ2v) is 17.3. The normalized spacial score (nSPS) is 13.1. The maximum Gasteiger partial charge on any atom is 0.295 e. The van der Waals surface area contributed by atoms with Gasteiger partial charge in [-0.05, 0) is 49.2 Å². The maximum atomic E-state index is 12.5. The summed E-state index contributed by atoms with van der Waals surface area (Å²) in [5, 5.41) is 47.4. The van der Waals surface area contributed by atoms with E-state index in [0.29, 0.717) is 0 Å². The van der Waals surface area contributed by atoms with Gasteiger partial charge in [0.2, 0.25) is 35.7 Å². The Balaban J connectivity index is 1.63. The summed E-state index contributed by atoms with van der Waals surface area (Å²) in [7, 11) is -14.2. The highest BCUT2D eigenvalue weighted by molar-refractivity contribution is 7.94. The highest BCUT2D eigenvalue weighted by atomic mass is 32.2. The Kier molecular flexibility index (Phi) is 17.0. The van der Waals surface area contributed by atoms with Crippen molar-refractivity contribution in [2.24, 2.45) is 0 Å². The molecule has 2 aromatic carbocycles. The van der Waals surface area contributed by atoms with E-state index in [4.69, 9.17) is 9.81 Å². The number of anilines is 8. The first kappa shape index (κ1) is 47.6. The van der Waals surface area contributed by atoms with Crippen molar-refractivity contribution in [1.29, 1.82) is 0 Å². The van der Waals surface area contributed by atoms with Crippen LogP contribution in [0.25, 0.3) is 12.2 Å². The third-order valence-corrected chi connectivity index (χ3v) is 10.4. The predicted octanol–water partition coefficient (Wildman–Crippen LogP) is 1.57. The molecule has 328 valence electrons. The molecular weight excluding hydrogens is 881 g/mol. The van der Waals surface area contributed by atoms with Gasteiger partial charge in [0, 0.05) is 54.3 Å². The first-order valence-electron chi connectivity index (χ1n) is 17.0. The fourth-order valence-corrected chi connectivity index (χ4v) is 6.70. The lowest BCUT2D eigenvalue weighted by Gasteiger charge is -2.14. The lowest BCUT2D eigenvalue weighted by atomic mass is 10.1. The molecule has 2 atom stereocenters. The van der Waals surface area contributed by atoms with Crippen LogP contribution in [0.1, 0.15) is 25.0 Å². The fraction of sp³-hybridized carbons (Fsp3) is 0.333. The summed E-state index contributed by atoms with van der Waals surface area (Å²) >= 11 is 0.777. The lowest BCUT2D eigenvalue weighted by Crippen LogP contribution is -2.22. The smallest absolute Gasteiger partial charge is 0.295 e. The number of aliphatic hydroxyl groups is 2. The van der Waals surface area contributed by atoms with Gasteiger partial charge in [-0.3, -0.25) is 13.7 Å². The molecule has 0 bridgehead atoms. The van der Waals surface area contributed by atoms with Crippen molar-refractivity contribution in [1.82, 2.24) is 29.9 Å². The highest BCUT2D eigenvalue weighted by Crippen LogP contribution is 2.28. The zero-order valence-corrected chi connectivity index (χ0v) is 34.5. The number of hydrogen-bond acceptors (Lipinski definition) is 24. The van der Waals surface area contributed by atoms with E-state index in [1.54, 1.807) is 13.8 Å². The summed E-state index contributed by atoms with van der Waals surface area (Å²) < 4.78 is 106. The summed E-state index contributed by atoms with van der Waals surface area (Å²) in [4.78, 5) is 23.8. The largest absolute Gasteiger partial charge is 0.394 e. The molecule has 4 rings (SSSR count). The molecule has 30 heteroatoms. The van der Waals surface area contributed by atoms with Gasteiger partial charge in [-0.1, -0.05) is 29.3 Å². The van der Waals surface area contributed by atoms with Crippen LogP contribution in [-0.2, 0) is 39.7 Å². The van der Waals surface area contributed by atoms with Crippen molar-refractivity contribution in [3.63, 3.8) is 0 Å². The molecule has 0 amide bonds. The molecule has 2 unspecified atom stereocenters. The monoisotopic (exact) mass is 920 g/mol. The van der Waals surface area contributed by atoms with Gasteiger partial charge in [-0.2, -0.15) is 55.2 Å². The van der Waals surface area contributed by atoms with E-state index >= 15 is 0 Å². The molecule has 0 aliphatic heterocycles. The van der Waals surface area contributed by atoms with Gasteiger partial charge < -0.3 is 42.1 Å². The van der Waals surface area contributed by atoms with Crippen LogP contribution in [-0.4, -0.2) is 134 Å². The van der Waals surface area contributed by atoms with Gasteiger partial charge in [0.25, 0.3) is 30.4 Å². The SMILES string of the molecule is CC(CO)Nc1nc(NCCSOOO)nc(Nc2ccc(/C=C/c3ccc(Nc4nc(NCCS(=O)(=O)O)nc(NC(C)CO)n4)cc3S(=O)(=O)O)c(S(=O)(=O)O)c2)n1. The number of nitrogens with one attached hydrogen (secondary N) is 6. The average Bonchev–Trinajstić information content (AvgIpc) is 3.16. The Morgan fingerprint density at radius 1 is 0.650 bits per heavy atom. The average molecular weight is 921 g/mol. The van der Waals surface area contributed by atoms with Gasteiger partial charge >= 0.3 is 0 Å². The fourth-order valence-electron chi connectivity index (χ4n) is 4.62. The van der Waals surface area contributed by atoms with Crippen molar-refractivity contribution in [2.45, 2.75) is 35.7 Å². The molecule has 0 saturated carbocycles. The number of aromatic nitrogens is 6. The van der Waals surface area contributed by atoms with Gasteiger partial charge in [0.1, 0.15) is 9.79 Å². The van der Waals surface area contributed by atoms with Crippen molar-refractivity contribution >= 4 is 102 Å². The summed E-state index contributed by atoms with van der Waals surface area (Å²) in [6, 6.07) is 6.37. The van der Waals surface area contributed by atoms with Crippen molar-refractivity contribution in [3.05, 3.63) is 47.5 Å². The van der Waals surface area contributed by atoms with E-state index in [9.17, 15) is 44.6 Å². The number of benzene rings is 2. The van der Waals surface area contributed by atoms with Crippen molar-refractivity contribution < 1.29 is 63.8 Å². The minimum absolute atomic E-state index is 0.0233. The first-order chi connectivity index (χ1) is 28.3. The van der Waals surface area contributed by atoms with E-state index in [1.165, 1.54) is 36.4 Å². The molecule has 60 heavy (non-hydrogen) atoms. The Labute approximate surface area is 347 Å². The minimum atomic E-state index is -4.94. The van der Waals surface area contributed by atoms with Gasteiger partial charge in [0.05, 0.1) is 19.0 Å². The topological polar surface area (TPSA) is 392 Å². The third kappa shape index (κ3) is 15.5. The van der Waals surface area contributed by atoms with Gasteiger partial charge in [-0.25, -0.2) is 5.26 Å². The number of nitrogens with zero attached hydrogens (tertiary/aromatic N) is 6. The molecule has 0 aliphatic carbocycles. The summed E-state index contributed by atoms with van der Waals surface area (Å²) in [5.41, 5.74) is -0.123. The van der Waals surface area contributed by atoms with E-state index in [0.717, 1.165) is 24.2 Å². The Bertz CT molecular complexity index is 2470. The van der Waals surface area contributed by atoms with E-state index in [1.807, 2.05) is 0 Å². The summed E-state index contributed by atoms with van der Waals surface area (Å²) in [6.07, 6.45) is 2.34. The summed E-state index contributed by atoms with van der Waals surface area (Å²) in [6.45, 7) is 2.62. The second-order valence-electron chi connectivity index (χ2n) is 12.2. The molecule has 0 fully saturated rings. The lowest BCUT2D eigenvalue weighted by molar-refractivity contribution is -0.432. The predicted molar refractivity (Wildman–Crippen MR) is 219 cm³/mol. The Morgan fingerprint density at radius 2 is 1.07 bits per heavy atom. The van der Waals surface area contributed by atoms with Crippen LogP contribution in [0.4, 0.5) is 47.1 Å². The van der Waals surface area contributed by atoms with Crippen LogP contribution in [0.2, 0.25) is 0 Å². The molecule has 2 heterocycles. The van der Waals surface area contributed by atoms with Crippen LogP contribution in [0.3, 0.4) is 0 Å². The zero-order chi connectivity index (χ0) is 44.1. The molecule has 26 nitrogen and oxygen atoms in total. The molecule has 12 N–H and O–H groups in total. The van der Waals surface area contributed by atoms with Crippen LogP contribution >= 0.6 is 12.0 Å². The van der Waals surface area contributed by atoms with Crippen LogP contribution in [0.5, 0.6) is 0 Å². The van der Waals surface area contributed by atoms with Gasteiger partial charge in [0.15, 0.2) is 0 Å². The molecule has 0 radical (unpaired) electrons. The van der Waals surface area contributed by atoms with E-state index in [2.05, 4.69) is 71.2 Å². The summed E-state index contributed by atoms with van der Waals surface area (Å²) in [5.74, 6) is -0.843. The highest BCUT2D eigenvalue weighted by Gasteiger charge is 2.19. The second kappa shape index (κ2) is 21.4. The van der Waals surface area contributed by atoms with Crippen molar-refractivity contribution in [2.75, 3.05) is 69.7 Å². The molecule has 0 saturated heterocycles. The molecule has 0 spiro atoms. The van der Waals surface area contributed by atoms with Gasteiger partial charge in [-0.15, -0.1) is 4.33 Å². The number of rotatable bonds is 24. The molecular formula is C30H40N12O14S4. The van der Waals surface area contributed by atoms with Crippen molar-refractivity contribution in [3.8, 4) is 0 Å². The molecule has 4 aromatic rings. The third-order valence-electron chi connectivity index (χ3n) is 7.30. The minimum Gasteiger partial charge on any atom is -0.394 e. The van der Waals surface area contributed by atoms with E-state index in [-0.39, 0.29) is 90.2 Å². The van der Waals surface area contributed by atoms with E-state index < -0.39 is 58.0 Å². The number of aliphatic hydroxyl groups excluding tert-OH is 2. The Morgan fingerprint density at radius 3 is 1.47 bits per heavy atom. The van der Waals surface area contributed by atoms with Crippen LogP contribution < -0.4 is 31.9 Å². The standard InChI is InChI=1S/C30H40N12O14S4/c1-17(15-43)33-27-37-25(31-9-11-57-56-55-45)39-29(41-27)35-21-7-5-19(23(13-21)59(49,50)51)3-4-20-6-8-22(14-24(20)60(52,53)54)36-30-40-26(32-10-12-58(46,47)48)38-28(42-30)34-18(2)16-44/h3-8,13-14,17-18,43-45H,9-12,15-16H2,1-2H3,(H,46,47,48)(H,49,50,51)(H,52,53,54)(H3,31,33,35,37,39,41)(H3,32,34,36,38,40,42)/b4-3+.